The molecule has 0 saturated heterocycles. The van der Waals surface area contributed by atoms with Gasteiger partial charge in [-0.3, -0.25) is 0 Å². The number of nitrogens with two attached hydrogens (primary N) is 1. The van der Waals surface area contributed by atoms with Gasteiger partial charge in [0.1, 0.15) is 5.75 Å². The van der Waals surface area contributed by atoms with Crippen LogP contribution in [0.2, 0.25) is 0 Å². The number of nitrogen functional groups attached to an aromatic ring is 1. The van der Waals surface area contributed by atoms with Gasteiger partial charge in [0.25, 0.3) is 0 Å². The molecule has 0 spiro atoms. The largest absolute Gasteiger partial charge is 0.496 e. The molecule has 3 rings (SSSR count). The Bertz CT molecular complexity index is 642. The number of rotatable bonds is 3. The fourth-order valence-corrected chi connectivity index (χ4v) is 3.34. The first-order valence-corrected chi connectivity index (χ1v) is 7.43. The van der Waals surface area contributed by atoms with E-state index in [1.807, 2.05) is 18.2 Å². The third-order valence-electron chi connectivity index (χ3n) is 3.71. The van der Waals surface area contributed by atoms with Crippen molar-refractivity contribution in [3.63, 3.8) is 0 Å². The van der Waals surface area contributed by atoms with E-state index in [0.717, 1.165) is 35.4 Å². The summed E-state index contributed by atoms with van der Waals surface area (Å²) >= 11 is 3.53. The van der Waals surface area contributed by atoms with Gasteiger partial charge in [0.05, 0.1) is 23.0 Å². The molecule has 0 bridgehead atoms. The molecular formula is C16H17BrN2O. The maximum absolute atomic E-state index is 6.12. The number of fused-ring (bicyclic) bond motifs is 1. The molecule has 104 valence electrons. The molecule has 2 aromatic carbocycles. The van der Waals surface area contributed by atoms with Gasteiger partial charge in [-0.15, -0.1) is 0 Å². The highest BCUT2D eigenvalue weighted by Gasteiger charge is 2.21. The summed E-state index contributed by atoms with van der Waals surface area (Å²) in [5.74, 6) is 0.857. The van der Waals surface area contributed by atoms with Gasteiger partial charge in [-0.25, -0.2) is 0 Å². The summed E-state index contributed by atoms with van der Waals surface area (Å²) in [5.41, 5.74) is 10.8. The van der Waals surface area contributed by atoms with E-state index in [-0.39, 0.29) is 0 Å². The fraction of sp³-hybridized carbons (Fsp3) is 0.250. The van der Waals surface area contributed by atoms with Crippen molar-refractivity contribution < 1.29 is 4.74 Å². The molecule has 0 amide bonds. The van der Waals surface area contributed by atoms with Gasteiger partial charge in [0.15, 0.2) is 0 Å². The number of nitrogens with zero attached hydrogens (tertiary/aromatic N) is 1. The Morgan fingerprint density at radius 2 is 2.15 bits per heavy atom. The normalized spacial score (nSPS) is 13.4. The van der Waals surface area contributed by atoms with Gasteiger partial charge in [0, 0.05) is 13.1 Å². The summed E-state index contributed by atoms with van der Waals surface area (Å²) < 4.78 is 6.25. The van der Waals surface area contributed by atoms with Crippen molar-refractivity contribution in [3.8, 4) is 5.75 Å². The minimum atomic E-state index is 0.857. The molecular weight excluding hydrogens is 316 g/mol. The van der Waals surface area contributed by atoms with Crippen molar-refractivity contribution in [2.45, 2.75) is 13.0 Å². The van der Waals surface area contributed by atoms with Crippen molar-refractivity contribution in [1.29, 1.82) is 0 Å². The maximum Gasteiger partial charge on any atom is 0.133 e. The van der Waals surface area contributed by atoms with Crippen LogP contribution in [-0.2, 0) is 13.0 Å². The van der Waals surface area contributed by atoms with Crippen LogP contribution >= 0.6 is 15.9 Å². The first-order chi connectivity index (χ1) is 9.69. The van der Waals surface area contributed by atoms with Crippen LogP contribution in [0.4, 0.5) is 11.4 Å². The number of hydrogen-bond acceptors (Lipinski definition) is 3. The molecule has 0 aromatic heterocycles. The minimum absolute atomic E-state index is 0.857. The van der Waals surface area contributed by atoms with E-state index in [0.29, 0.717) is 0 Å². The van der Waals surface area contributed by atoms with E-state index in [1.54, 1.807) is 7.11 Å². The summed E-state index contributed by atoms with van der Waals surface area (Å²) in [5, 5.41) is 0. The van der Waals surface area contributed by atoms with E-state index in [1.165, 1.54) is 16.8 Å². The molecule has 20 heavy (non-hydrogen) atoms. The number of benzene rings is 2. The van der Waals surface area contributed by atoms with Gasteiger partial charge in [-0.2, -0.15) is 0 Å². The van der Waals surface area contributed by atoms with Crippen LogP contribution in [0.15, 0.2) is 40.9 Å². The van der Waals surface area contributed by atoms with Crippen LogP contribution in [0.25, 0.3) is 0 Å². The van der Waals surface area contributed by atoms with Crippen LogP contribution in [0.1, 0.15) is 11.1 Å². The highest BCUT2D eigenvalue weighted by atomic mass is 79.9. The second-order valence-corrected chi connectivity index (χ2v) is 5.85. The van der Waals surface area contributed by atoms with Crippen molar-refractivity contribution in [3.05, 3.63) is 52.0 Å². The SMILES string of the molecule is COc1ccc(CN2CCc3cccc(N)c32)cc1Br. The lowest BCUT2D eigenvalue weighted by atomic mass is 10.1. The maximum atomic E-state index is 6.12. The lowest BCUT2D eigenvalue weighted by Gasteiger charge is -2.21. The molecule has 0 fully saturated rings. The lowest BCUT2D eigenvalue weighted by molar-refractivity contribution is 0.412. The average molecular weight is 333 g/mol. The van der Waals surface area contributed by atoms with Crippen molar-refractivity contribution >= 4 is 27.3 Å². The number of methoxy groups -OCH3 is 1. The van der Waals surface area contributed by atoms with Gasteiger partial charge in [-0.1, -0.05) is 18.2 Å². The van der Waals surface area contributed by atoms with E-state index in [4.69, 9.17) is 10.5 Å². The number of anilines is 2. The van der Waals surface area contributed by atoms with Crippen LogP contribution in [0.3, 0.4) is 0 Å². The number of halogens is 1. The number of hydrogen-bond donors (Lipinski definition) is 1. The van der Waals surface area contributed by atoms with Crippen molar-refractivity contribution in [1.82, 2.24) is 0 Å². The van der Waals surface area contributed by atoms with Crippen molar-refractivity contribution in [2.24, 2.45) is 0 Å². The number of para-hydroxylation sites is 1. The molecule has 2 N–H and O–H groups in total. The Morgan fingerprint density at radius 3 is 2.90 bits per heavy atom. The Kier molecular flexibility index (Phi) is 3.57. The first-order valence-electron chi connectivity index (χ1n) is 6.64. The topological polar surface area (TPSA) is 38.5 Å². The first kappa shape index (κ1) is 13.3. The number of ether oxygens (including phenoxy) is 1. The molecule has 1 heterocycles. The Labute approximate surface area is 127 Å². The third-order valence-corrected chi connectivity index (χ3v) is 4.33. The van der Waals surface area contributed by atoms with Gasteiger partial charge >= 0.3 is 0 Å². The Balaban J connectivity index is 1.86. The summed E-state index contributed by atoms with van der Waals surface area (Å²) in [7, 11) is 1.68. The molecule has 1 aliphatic rings. The summed E-state index contributed by atoms with van der Waals surface area (Å²) in [6.45, 7) is 1.89. The highest BCUT2D eigenvalue weighted by molar-refractivity contribution is 9.10. The zero-order valence-corrected chi connectivity index (χ0v) is 13.0. The van der Waals surface area contributed by atoms with Crippen LogP contribution in [0.5, 0.6) is 5.75 Å². The van der Waals surface area contributed by atoms with E-state index in [2.05, 4.69) is 39.0 Å². The Morgan fingerprint density at radius 1 is 1.30 bits per heavy atom. The predicted molar refractivity (Wildman–Crippen MR) is 86.3 cm³/mol. The van der Waals surface area contributed by atoms with Gasteiger partial charge in [-0.05, 0) is 51.7 Å². The van der Waals surface area contributed by atoms with Gasteiger partial charge in [0.2, 0.25) is 0 Å². The van der Waals surface area contributed by atoms with E-state index in [9.17, 15) is 0 Å². The summed E-state index contributed by atoms with van der Waals surface area (Å²) in [4.78, 5) is 2.35. The zero-order valence-electron chi connectivity index (χ0n) is 11.4. The summed E-state index contributed by atoms with van der Waals surface area (Å²) in [6.07, 6.45) is 1.07. The monoisotopic (exact) mass is 332 g/mol. The molecule has 3 nitrogen and oxygen atoms in total. The van der Waals surface area contributed by atoms with Gasteiger partial charge < -0.3 is 15.4 Å². The molecule has 0 radical (unpaired) electrons. The van der Waals surface area contributed by atoms with Crippen LogP contribution in [-0.4, -0.2) is 13.7 Å². The molecule has 4 heteroatoms. The predicted octanol–water partition coefficient (Wildman–Crippen LogP) is 3.60. The van der Waals surface area contributed by atoms with E-state index >= 15 is 0 Å². The highest BCUT2D eigenvalue weighted by Crippen LogP contribution is 2.35. The van der Waals surface area contributed by atoms with Crippen molar-refractivity contribution in [2.75, 3.05) is 24.3 Å². The standard InChI is InChI=1S/C16H17BrN2O/c1-20-15-6-5-11(9-13(15)17)10-19-8-7-12-3-2-4-14(18)16(12)19/h2-6,9H,7-8,10,18H2,1H3. The second kappa shape index (κ2) is 5.37. The second-order valence-electron chi connectivity index (χ2n) is 5.00. The molecule has 1 aliphatic heterocycles. The smallest absolute Gasteiger partial charge is 0.133 e. The molecule has 0 saturated carbocycles. The molecule has 0 unspecified atom stereocenters. The zero-order chi connectivity index (χ0) is 14.1. The average Bonchev–Trinajstić information content (AvgIpc) is 2.84. The fourth-order valence-electron chi connectivity index (χ4n) is 2.75. The van der Waals surface area contributed by atoms with Crippen LogP contribution < -0.4 is 15.4 Å². The summed E-state index contributed by atoms with van der Waals surface area (Å²) in [6, 6.07) is 12.4. The van der Waals surface area contributed by atoms with Crippen LogP contribution in [0, 0.1) is 0 Å². The third kappa shape index (κ3) is 2.36. The minimum Gasteiger partial charge on any atom is -0.496 e. The molecule has 2 aromatic rings. The Hall–Kier alpha value is -1.68. The van der Waals surface area contributed by atoms with E-state index < -0.39 is 0 Å². The molecule has 0 aliphatic carbocycles. The lowest BCUT2D eigenvalue weighted by Crippen LogP contribution is -2.20. The quantitative estimate of drug-likeness (QED) is 0.872. The molecule has 0 atom stereocenters.